The number of hydrogen-bond acceptors (Lipinski definition) is 3. The van der Waals surface area contributed by atoms with Gasteiger partial charge in [-0.2, -0.15) is 0 Å². The Balaban J connectivity index is 1.93. The maximum atomic E-state index is 10.3. The number of aliphatic hydroxyl groups excluding tert-OH is 1. The van der Waals surface area contributed by atoms with E-state index in [0.717, 1.165) is 26.1 Å². The van der Waals surface area contributed by atoms with Gasteiger partial charge in [-0.1, -0.05) is 39.0 Å². The highest BCUT2D eigenvalue weighted by atomic mass is 16.3. The summed E-state index contributed by atoms with van der Waals surface area (Å²) in [6.07, 6.45) is 12.7. The van der Waals surface area contributed by atoms with Gasteiger partial charge in [-0.3, -0.25) is 0 Å². The fraction of sp³-hybridized carbons (Fsp3) is 1.00. The van der Waals surface area contributed by atoms with Crippen molar-refractivity contribution in [3.63, 3.8) is 0 Å². The lowest BCUT2D eigenvalue weighted by Crippen LogP contribution is -2.51. The maximum Gasteiger partial charge on any atom is 0.0695 e. The summed E-state index contributed by atoms with van der Waals surface area (Å²) in [4.78, 5) is 2.49. The van der Waals surface area contributed by atoms with Gasteiger partial charge in [-0.15, -0.1) is 0 Å². The molecule has 0 spiro atoms. The van der Waals surface area contributed by atoms with Crippen LogP contribution < -0.4 is 5.32 Å². The highest BCUT2D eigenvalue weighted by Crippen LogP contribution is 2.37. The molecule has 3 heteroatoms. The third-order valence-corrected chi connectivity index (χ3v) is 5.69. The zero-order valence-electron chi connectivity index (χ0n) is 14.2. The Morgan fingerprint density at radius 1 is 1.10 bits per heavy atom. The van der Waals surface area contributed by atoms with E-state index in [1.54, 1.807) is 0 Å². The second-order valence-corrected chi connectivity index (χ2v) is 7.57. The van der Waals surface area contributed by atoms with Gasteiger partial charge in [0.1, 0.15) is 0 Å². The van der Waals surface area contributed by atoms with Gasteiger partial charge in [0.2, 0.25) is 0 Å². The first kappa shape index (κ1) is 17.2. The summed E-state index contributed by atoms with van der Waals surface area (Å²) in [6.45, 7) is 5.70. The highest BCUT2D eigenvalue weighted by Gasteiger charge is 2.36. The molecule has 2 atom stereocenters. The number of aliphatic hydroxyl groups is 1. The predicted octanol–water partition coefficient (Wildman–Crippen LogP) is 3.17. The van der Waals surface area contributed by atoms with Gasteiger partial charge in [-0.05, 0) is 51.1 Å². The van der Waals surface area contributed by atoms with Gasteiger partial charge in [0, 0.05) is 19.1 Å². The standard InChI is InChI=1S/C18H36N2O/c1-3-13-19-14-18(11-7-4-8-12-18)15-20(2)16-9-5-6-10-17(16)21/h16-17,19,21H,3-15H2,1-2H3. The second-order valence-electron chi connectivity index (χ2n) is 7.57. The number of rotatable bonds is 7. The van der Waals surface area contributed by atoms with Crippen LogP contribution >= 0.6 is 0 Å². The summed E-state index contributed by atoms with van der Waals surface area (Å²) in [5.74, 6) is 0. The summed E-state index contributed by atoms with van der Waals surface area (Å²) in [7, 11) is 2.25. The van der Waals surface area contributed by atoms with Crippen LogP contribution in [0.4, 0.5) is 0 Å². The molecule has 2 unspecified atom stereocenters. The second kappa shape index (κ2) is 8.50. The van der Waals surface area contributed by atoms with E-state index in [4.69, 9.17) is 0 Å². The van der Waals surface area contributed by atoms with Gasteiger partial charge in [0.05, 0.1) is 6.10 Å². The van der Waals surface area contributed by atoms with E-state index in [1.807, 2.05) is 0 Å². The lowest BCUT2D eigenvalue weighted by Gasteiger charge is -2.44. The monoisotopic (exact) mass is 296 g/mol. The third-order valence-electron chi connectivity index (χ3n) is 5.69. The van der Waals surface area contributed by atoms with Crippen LogP contribution in [0, 0.1) is 5.41 Å². The smallest absolute Gasteiger partial charge is 0.0695 e. The van der Waals surface area contributed by atoms with Crippen molar-refractivity contribution >= 4 is 0 Å². The quantitative estimate of drug-likeness (QED) is 0.708. The van der Waals surface area contributed by atoms with Crippen LogP contribution in [0.25, 0.3) is 0 Å². The maximum absolute atomic E-state index is 10.3. The Morgan fingerprint density at radius 3 is 2.48 bits per heavy atom. The first-order valence-corrected chi connectivity index (χ1v) is 9.26. The van der Waals surface area contributed by atoms with Crippen molar-refractivity contribution in [3.05, 3.63) is 0 Å². The van der Waals surface area contributed by atoms with E-state index >= 15 is 0 Å². The first-order valence-electron chi connectivity index (χ1n) is 9.26. The molecule has 2 fully saturated rings. The van der Waals surface area contributed by atoms with E-state index in [9.17, 15) is 5.11 Å². The molecule has 0 amide bonds. The van der Waals surface area contributed by atoms with Crippen LogP contribution in [-0.4, -0.2) is 48.8 Å². The van der Waals surface area contributed by atoms with Crippen molar-refractivity contribution in [2.24, 2.45) is 5.41 Å². The minimum atomic E-state index is -0.104. The SMILES string of the molecule is CCCNCC1(CN(C)C2CCCCC2O)CCCCC1. The van der Waals surface area contributed by atoms with Crippen molar-refractivity contribution in [1.29, 1.82) is 0 Å². The molecule has 0 bridgehead atoms. The zero-order chi connectivity index (χ0) is 15.1. The lowest BCUT2D eigenvalue weighted by atomic mass is 9.73. The topological polar surface area (TPSA) is 35.5 Å². The third kappa shape index (κ3) is 4.94. The molecular formula is C18H36N2O. The molecule has 2 aliphatic carbocycles. The minimum absolute atomic E-state index is 0.104. The van der Waals surface area contributed by atoms with Crippen molar-refractivity contribution in [3.8, 4) is 0 Å². The molecule has 3 nitrogen and oxygen atoms in total. The molecule has 0 radical (unpaired) electrons. The predicted molar refractivity (Wildman–Crippen MR) is 89.6 cm³/mol. The molecule has 2 aliphatic rings. The van der Waals surface area contributed by atoms with Gasteiger partial charge in [-0.25, -0.2) is 0 Å². The van der Waals surface area contributed by atoms with Crippen molar-refractivity contribution in [2.75, 3.05) is 26.7 Å². The molecule has 2 N–H and O–H groups in total. The number of nitrogens with zero attached hydrogens (tertiary/aromatic N) is 1. The van der Waals surface area contributed by atoms with E-state index < -0.39 is 0 Å². The number of nitrogens with one attached hydrogen (secondary N) is 1. The Bertz CT molecular complexity index is 289. The fourth-order valence-corrected chi connectivity index (χ4v) is 4.48. The van der Waals surface area contributed by atoms with Crippen LogP contribution in [0.5, 0.6) is 0 Å². The molecule has 2 rings (SSSR count). The summed E-state index contributed by atoms with van der Waals surface area (Å²) in [6, 6.07) is 0.392. The molecular weight excluding hydrogens is 260 g/mol. The van der Waals surface area contributed by atoms with E-state index in [-0.39, 0.29) is 6.10 Å². The molecule has 21 heavy (non-hydrogen) atoms. The number of hydrogen-bond donors (Lipinski definition) is 2. The Hall–Kier alpha value is -0.120. The fourth-order valence-electron chi connectivity index (χ4n) is 4.48. The van der Waals surface area contributed by atoms with Crippen molar-refractivity contribution in [1.82, 2.24) is 10.2 Å². The summed E-state index contributed by atoms with van der Waals surface area (Å²) >= 11 is 0. The van der Waals surface area contributed by atoms with Crippen LogP contribution in [0.15, 0.2) is 0 Å². The van der Waals surface area contributed by atoms with E-state index in [0.29, 0.717) is 11.5 Å². The summed E-state index contributed by atoms with van der Waals surface area (Å²) in [5, 5.41) is 14.0. The Morgan fingerprint density at radius 2 is 1.81 bits per heavy atom. The normalized spacial score (nSPS) is 29.7. The Kier molecular flexibility index (Phi) is 6.97. The molecule has 0 heterocycles. The first-order chi connectivity index (χ1) is 10.2. The van der Waals surface area contributed by atoms with Crippen LogP contribution in [-0.2, 0) is 0 Å². The van der Waals surface area contributed by atoms with Gasteiger partial charge in [0.25, 0.3) is 0 Å². The average molecular weight is 296 g/mol. The van der Waals surface area contributed by atoms with Crippen LogP contribution in [0.3, 0.4) is 0 Å². The molecule has 0 aromatic carbocycles. The average Bonchev–Trinajstić information content (AvgIpc) is 2.49. The Labute approximate surface area is 131 Å². The minimum Gasteiger partial charge on any atom is -0.391 e. The van der Waals surface area contributed by atoms with Gasteiger partial charge < -0.3 is 15.3 Å². The molecule has 0 saturated heterocycles. The van der Waals surface area contributed by atoms with Gasteiger partial charge >= 0.3 is 0 Å². The van der Waals surface area contributed by atoms with Crippen LogP contribution in [0.1, 0.15) is 71.1 Å². The summed E-state index contributed by atoms with van der Waals surface area (Å²) < 4.78 is 0. The van der Waals surface area contributed by atoms with Crippen molar-refractivity contribution in [2.45, 2.75) is 83.3 Å². The van der Waals surface area contributed by atoms with Crippen LogP contribution in [0.2, 0.25) is 0 Å². The van der Waals surface area contributed by atoms with Gasteiger partial charge in [0.15, 0.2) is 0 Å². The van der Waals surface area contributed by atoms with E-state index in [2.05, 4.69) is 24.2 Å². The highest BCUT2D eigenvalue weighted by molar-refractivity contribution is 4.91. The molecule has 0 aliphatic heterocycles. The van der Waals surface area contributed by atoms with E-state index in [1.165, 1.54) is 57.8 Å². The summed E-state index contributed by atoms with van der Waals surface area (Å²) in [5.41, 5.74) is 0.444. The molecule has 0 aromatic heterocycles. The molecule has 0 aromatic rings. The zero-order valence-corrected chi connectivity index (χ0v) is 14.2. The number of likely N-dealkylation sites (N-methyl/N-ethyl adjacent to an activating group) is 1. The largest absolute Gasteiger partial charge is 0.391 e. The van der Waals surface area contributed by atoms with Crippen molar-refractivity contribution < 1.29 is 5.11 Å². The molecule has 124 valence electrons. The lowest BCUT2D eigenvalue weighted by molar-refractivity contribution is 0.00421. The molecule has 2 saturated carbocycles.